The van der Waals surface area contributed by atoms with Crippen molar-refractivity contribution in [1.29, 1.82) is 5.26 Å². The number of benzene rings is 1. The van der Waals surface area contributed by atoms with E-state index in [0.29, 0.717) is 36.0 Å². The number of carbonyl (C=O) groups is 1. The van der Waals surface area contributed by atoms with Crippen LogP contribution in [0.4, 0.5) is 5.13 Å². The van der Waals surface area contributed by atoms with E-state index in [1.165, 1.54) is 11.3 Å². The van der Waals surface area contributed by atoms with Gasteiger partial charge >= 0.3 is 0 Å². The zero-order valence-corrected chi connectivity index (χ0v) is 18.0. The van der Waals surface area contributed by atoms with Crippen LogP contribution in [-0.2, 0) is 24.2 Å². The number of hydrogen-bond acceptors (Lipinski definition) is 5. The smallest absolute Gasteiger partial charge is 0.226 e. The molecule has 3 rings (SSSR count). The molecule has 150 valence electrons. The lowest BCUT2D eigenvalue weighted by Gasteiger charge is -2.04. The number of halogens is 1. The number of rotatable bonds is 8. The summed E-state index contributed by atoms with van der Waals surface area (Å²) in [6.45, 7) is 4.49. The van der Waals surface area contributed by atoms with Crippen molar-refractivity contribution in [3.05, 3.63) is 62.9 Å². The molecule has 0 atom stereocenters. The molecule has 3 aromatic rings. The molecule has 6 nitrogen and oxygen atoms in total. The van der Waals surface area contributed by atoms with Crippen LogP contribution in [0.1, 0.15) is 40.2 Å². The second-order valence-corrected chi connectivity index (χ2v) is 8.32. The van der Waals surface area contributed by atoms with Crippen LogP contribution in [0.15, 0.2) is 30.5 Å². The maximum atomic E-state index is 12.4. The standard InChI is InChI=1S/C21H22ClN5OS/c1-14-19(15(2)27(26-14)11-3-10-23)8-9-20(28)25-21-24-13-18(29-21)12-16-4-6-17(22)7-5-16/h4-7,13H,3,8-9,11-12H2,1-2H3,(H,24,25,28). The van der Waals surface area contributed by atoms with Crippen LogP contribution in [0.2, 0.25) is 5.02 Å². The highest BCUT2D eigenvalue weighted by molar-refractivity contribution is 7.15. The number of amides is 1. The van der Waals surface area contributed by atoms with E-state index in [1.54, 1.807) is 6.20 Å². The van der Waals surface area contributed by atoms with Gasteiger partial charge in [-0.3, -0.25) is 9.48 Å². The van der Waals surface area contributed by atoms with Gasteiger partial charge < -0.3 is 5.32 Å². The highest BCUT2D eigenvalue weighted by atomic mass is 35.5. The van der Waals surface area contributed by atoms with E-state index in [2.05, 4.69) is 21.5 Å². The molecule has 0 saturated carbocycles. The molecule has 0 aliphatic heterocycles. The molecule has 0 aliphatic carbocycles. The predicted octanol–water partition coefficient (Wildman–Crippen LogP) is 4.69. The lowest BCUT2D eigenvalue weighted by atomic mass is 10.1. The SMILES string of the molecule is Cc1nn(CCC#N)c(C)c1CCC(=O)Nc1ncc(Cc2ccc(Cl)cc2)s1. The summed E-state index contributed by atoms with van der Waals surface area (Å²) in [6, 6.07) is 9.84. The van der Waals surface area contributed by atoms with Crippen LogP contribution >= 0.6 is 22.9 Å². The van der Waals surface area contributed by atoms with E-state index >= 15 is 0 Å². The van der Waals surface area contributed by atoms with Gasteiger partial charge in [0.2, 0.25) is 5.91 Å². The number of aromatic nitrogens is 3. The Balaban J connectivity index is 1.54. The summed E-state index contributed by atoms with van der Waals surface area (Å²) >= 11 is 7.40. The van der Waals surface area contributed by atoms with Crippen LogP contribution < -0.4 is 5.32 Å². The maximum absolute atomic E-state index is 12.4. The molecule has 0 bridgehead atoms. The molecule has 2 aromatic heterocycles. The third kappa shape index (κ3) is 5.66. The topological polar surface area (TPSA) is 83.6 Å². The molecule has 0 saturated heterocycles. The van der Waals surface area contributed by atoms with Gasteiger partial charge in [-0.15, -0.1) is 11.3 Å². The van der Waals surface area contributed by atoms with Crippen molar-refractivity contribution < 1.29 is 4.79 Å². The Morgan fingerprint density at radius 1 is 1.31 bits per heavy atom. The van der Waals surface area contributed by atoms with Gasteiger partial charge in [0, 0.05) is 34.6 Å². The number of nitrogens with one attached hydrogen (secondary N) is 1. The Morgan fingerprint density at radius 3 is 2.79 bits per heavy atom. The maximum Gasteiger partial charge on any atom is 0.226 e. The minimum absolute atomic E-state index is 0.0685. The first-order chi connectivity index (χ1) is 14.0. The lowest BCUT2D eigenvalue weighted by Crippen LogP contribution is -2.12. The largest absolute Gasteiger partial charge is 0.302 e. The van der Waals surface area contributed by atoms with Crippen molar-refractivity contribution in [3.63, 3.8) is 0 Å². The van der Waals surface area contributed by atoms with Crippen molar-refractivity contribution >= 4 is 34.0 Å². The van der Waals surface area contributed by atoms with Crippen molar-refractivity contribution in [2.24, 2.45) is 0 Å². The number of aryl methyl sites for hydroxylation is 2. The zero-order chi connectivity index (χ0) is 20.8. The molecule has 0 fully saturated rings. The molecule has 1 aromatic carbocycles. The first kappa shape index (κ1) is 21.0. The van der Waals surface area contributed by atoms with Crippen LogP contribution in [0, 0.1) is 25.2 Å². The molecule has 0 unspecified atom stereocenters. The van der Waals surface area contributed by atoms with Gasteiger partial charge in [-0.1, -0.05) is 23.7 Å². The molecule has 29 heavy (non-hydrogen) atoms. The van der Waals surface area contributed by atoms with E-state index in [9.17, 15) is 4.79 Å². The van der Waals surface area contributed by atoms with Gasteiger partial charge in [-0.25, -0.2) is 4.98 Å². The number of thiazole rings is 1. The fourth-order valence-corrected chi connectivity index (χ4v) is 4.13. The van der Waals surface area contributed by atoms with Gasteiger partial charge in [-0.2, -0.15) is 10.4 Å². The van der Waals surface area contributed by atoms with Crippen molar-refractivity contribution in [3.8, 4) is 6.07 Å². The van der Waals surface area contributed by atoms with Crippen LogP contribution in [0.5, 0.6) is 0 Å². The fourth-order valence-electron chi connectivity index (χ4n) is 3.14. The third-order valence-electron chi connectivity index (χ3n) is 4.66. The van der Waals surface area contributed by atoms with Crippen LogP contribution in [0.25, 0.3) is 0 Å². The second kappa shape index (κ2) is 9.68. The Labute approximate surface area is 179 Å². The highest BCUT2D eigenvalue weighted by Crippen LogP contribution is 2.22. The van der Waals surface area contributed by atoms with E-state index in [-0.39, 0.29) is 5.91 Å². The fraction of sp³-hybridized carbons (Fsp3) is 0.333. The lowest BCUT2D eigenvalue weighted by molar-refractivity contribution is -0.116. The van der Waals surface area contributed by atoms with Crippen LogP contribution in [-0.4, -0.2) is 20.7 Å². The molecule has 1 amide bonds. The molecule has 1 N–H and O–H groups in total. The normalized spacial score (nSPS) is 10.7. The van der Waals surface area contributed by atoms with E-state index in [4.69, 9.17) is 16.9 Å². The average Bonchev–Trinajstić information content (AvgIpc) is 3.24. The third-order valence-corrected chi connectivity index (χ3v) is 5.83. The Bertz CT molecular complexity index is 1030. The Hall–Kier alpha value is -2.69. The molecular weight excluding hydrogens is 406 g/mol. The molecule has 2 heterocycles. The predicted molar refractivity (Wildman–Crippen MR) is 115 cm³/mol. The quantitative estimate of drug-likeness (QED) is 0.565. The van der Waals surface area contributed by atoms with Crippen molar-refractivity contribution in [2.75, 3.05) is 5.32 Å². The zero-order valence-electron chi connectivity index (χ0n) is 16.4. The van der Waals surface area contributed by atoms with Crippen molar-refractivity contribution in [2.45, 2.75) is 46.1 Å². The van der Waals surface area contributed by atoms with E-state index < -0.39 is 0 Å². The van der Waals surface area contributed by atoms with Gasteiger partial charge in [0.05, 0.1) is 24.7 Å². The minimum Gasteiger partial charge on any atom is -0.302 e. The minimum atomic E-state index is -0.0685. The molecule has 0 radical (unpaired) electrons. The molecular formula is C21H22ClN5OS. The van der Waals surface area contributed by atoms with E-state index in [0.717, 1.165) is 33.8 Å². The number of nitrogens with zero attached hydrogens (tertiary/aromatic N) is 4. The number of anilines is 1. The average molecular weight is 428 g/mol. The number of carbonyl (C=O) groups excluding carboxylic acids is 1. The Kier molecular flexibility index (Phi) is 7.02. The number of nitriles is 1. The summed E-state index contributed by atoms with van der Waals surface area (Å²) in [5.41, 5.74) is 4.15. The van der Waals surface area contributed by atoms with Gasteiger partial charge in [-0.05, 0) is 43.5 Å². The monoisotopic (exact) mass is 427 g/mol. The van der Waals surface area contributed by atoms with Crippen molar-refractivity contribution in [1.82, 2.24) is 14.8 Å². The Morgan fingerprint density at radius 2 is 2.07 bits per heavy atom. The molecule has 8 heteroatoms. The molecule has 0 spiro atoms. The summed E-state index contributed by atoms with van der Waals surface area (Å²) in [4.78, 5) is 17.8. The van der Waals surface area contributed by atoms with Gasteiger partial charge in [0.15, 0.2) is 5.13 Å². The van der Waals surface area contributed by atoms with Gasteiger partial charge in [0.1, 0.15) is 0 Å². The van der Waals surface area contributed by atoms with E-state index in [1.807, 2.05) is 42.8 Å². The van der Waals surface area contributed by atoms with Gasteiger partial charge in [0.25, 0.3) is 0 Å². The summed E-state index contributed by atoms with van der Waals surface area (Å²) in [5, 5.41) is 17.4. The first-order valence-electron chi connectivity index (χ1n) is 9.35. The van der Waals surface area contributed by atoms with Crippen LogP contribution in [0.3, 0.4) is 0 Å². The summed E-state index contributed by atoms with van der Waals surface area (Å²) in [6.07, 6.45) is 3.94. The summed E-state index contributed by atoms with van der Waals surface area (Å²) < 4.78 is 1.84. The highest BCUT2D eigenvalue weighted by Gasteiger charge is 2.14. The second-order valence-electron chi connectivity index (χ2n) is 6.76. The first-order valence-corrected chi connectivity index (χ1v) is 10.5. The number of hydrogen-bond donors (Lipinski definition) is 1. The summed E-state index contributed by atoms with van der Waals surface area (Å²) in [7, 11) is 0. The summed E-state index contributed by atoms with van der Waals surface area (Å²) in [5.74, 6) is -0.0685. The molecule has 0 aliphatic rings.